The standard InChI is InChI=1S/C11H9BrINO/c1-6-8-5-7(12)3-4-9(8)14(2)11(15)10(6)13/h3-5H,1-2H3. The number of nitrogens with zero attached hydrogens (tertiary/aromatic N) is 1. The molecule has 15 heavy (non-hydrogen) atoms. The van der Waals surface area contributed by atoms with E-state index in [-0.39, 0.29) is 5.56 Å². The summed E-state index contributed by atoms with van der Waals surface area (Å²) in [5.74, 6) is 0. The minimum Gasteiger partial charge on any atom is -0.310 e. The van der Waals surface area contributed by atoms with Gasteiger partial charge >= 0.3 is 0 Å². The molecule has 2 rings (SSSR count). The van der Waals surface area contributed by atoms with E-state index in [2.05, 4.69) is 38.5 Å². The van der Waals surface area contributed by atoms with Crippen LogP contribution in [0.2, 0.25) is 0 Å². The molecular formula is C11H9BrINO. The highest BCUT2D eigenvalue weighted by Gasteiger charge is 2.09. The van der Waals surface area contributed by atoms with Crippen LogP contribution in [0.1, 0.15) is 5.56 Å². The quantitative estimate of drug-likeness (QED) is 0.646. The lowest BCUT2D eigenvalue weighted by atomic mass is 10.1. The molecule has 2 nitrogen and oxygen atoms in total. The maximum Gasteiger partial charge on any atom is 0.264 e. The molecule has 0 atom stereocenters. The van der Waals surface area contributed by atoms with Crippen molar-refractivity contribution in [2.75, 3.05) is 0 Å². The van der Waals surface area contributed by atoms with Crippen LogP contribution in [-0.4, -0.2) is 4.57 Å². The highest BCUT2D eigenvalue weighted by Crippen LogP contribution is 2.23. The summed E-state index contributed by atoms with van der Waals surface area (Å²) in [6, 6.07) is 5.96. The molecule has 1 heterocycles. The Labute approximate surface area is 110 Å². The van der Waals surface area contributed by atoms with E-state index >= 15 is 0 Å². The summed E-state index contributed by atoms with van der Waals surface area (Å²) in [6.45, 7) is 1.98. The molecule has 0 amide bonds. The number of benzene rings is 1. The second kappa shape index (κ2) is 3.90. The molecule has 0 saturated carbocycles. The van der Waals surface area contributed by atoms with Crippen LogP contribution in [0.5, 0.6) is 0 Å². The van der Waals surface area contributed by atoms with Gasteiger partial charge in [0, 0.05) is 16.9 Å². The molecule has 0 aliphatic carbocycles. The third-order valence-corrected chi connectivity index (χ3v) is 4.31. The molecule has 0 spiro atoms. The zero-order valence-electron chi connectivity index (χ0n) is 8.34. The van der Waals surface area contributed by atoms with Gasteiger partial charge in [-0.1, -0.05) is 15.9 Å². The van der Waals surface area contributed by atoms with Gasteiger partial charge in [0.2, 0.25) is 0 Å². The van der Waals surface area contributed by atoms with Gasteiger partial charge in [-0.3, -0.25) is 4.79 Å². The molecule has 0 fully saturated rings. The van der Waals surface area contributed by atoms with Gasteiger partial charge in [0.05, 0.1) is 9.09 Å². The van der Waals surface area contributed by atoms with Gasteiger partial charge in [0.25, 0.3) is 5.56 Å². The predicted octanol–water partition coefficient (Wildman–Crippen LogP) is 3.21. The zero-order valence-corrected chi connectivity index (χ0v) is 12.1. The molecule has 4 heteroatoms. The first-order valence-electron chi connectivity index (χ1n) is 4.46. The van der Waals surface area contributed by atoms with Crippen LogP contribution in [0.25, 0.3) is 10.9 Å². The molecule has 2 aromatic rings. The fourth-order valence-electron chi connectivity index (χ4n) is 1.64. The van der Waals surface area contributed by atoms with Crippen molar-refractivity contribution in [1.82, 2.24) is 4.57 Å². The van der Waals surface area contributed by atoms with Crippen molar-refractivity contribution in [3.63, 3.8) is 0 Å². The van der Waals surface area contributed by atoms with Crippen LogP contribution in [-0.2, 0) is 7.05 Å². The number of aromatic nitrogens is 1. The maximum atomic E-state index is 11.8. The van der Waals surface area contributed by atoms with Crippen molar-refractivity contribution in [2.45, 2.75) is 6.92 Å². The SMILES string of the molecule is Cc1c(I)c(=O)n(C)c2ccc(Br)cc12. The van der Waals surface area contributed by atoms with E-state index in [0.717, 1.165) is 24.5 Å². The highest BCUT2D eigenvalue weighted by atomic mass is 127. The Morgan fingerprint density at radius 1 is 1.40 bits per heavy atom. The summed E-state index contributed by atoms with van der Waals surface area (Å²) < 4.78 is 3.52. The zero-order chi connectivity index (χ0) is 11.2. The Bertz CT molecular complexity index is 604. The van der Waals surface area contributed by atoms with E-state index in [9.17, 15) is 4.79 Å². The Morgan fingerprint density at radius 2 is 2.07 bits per heavy atom. The first-order valence-corrected chi connectivity index (χ1v) is 6.34. The van der Waals surface area contributed by atoms with Crippen LogP contribution in [0.3, 0.4) is 0 Å². The summed E-state index contributed by atoms with van der Waals surface area (Å²) in [5.41, 5.74) is 2.10. The van der Waals surface area contributed by atoms with Crippen molar-refractivity contribution >= 4 is 49.4 Å². The third kappa shape index (κ3) is 1.73. The Morgan fingerprint density at radius 3 is 2.73 bits per heavy atom. The Hall–Kier alpha value is -0.360. The lowest BCUT2D eigenvalue weighted by Gasteiger charge is -2.09. The van der Waals surface area contributed by atoms with Crippen LogP contribution in [0.4, 0.5) is 0 Å². The van der Waals surface area contributed by atoms with E-state index in [4.69, 9.17) is 0 Å². The average molecular weight is 378 g/mol. The highest BCUT2D eigenvalue weighted by molar-refractivity contribution is 14.1. The Balaban J connectivity index is 3.07. The molecule has 0 saturated heterocycles. The fraction of sp³-hybridized carbons (Fsp3) is 0.182. The van der Waals surface area contributed by atoms with Gasteiger partial charge < -0.3 is 4.57 Å². The molecule has 0 radical (unpaired) electrons. The minimum absolute atomic E-state index is 0.0722. The van der Waals surface area contributed by atoms with E-state index in [1.165, 1.54) is 0 Å². The molecule has 0 bridgehead atoms. The second-order valence-electron chi connectivity index (χ2n) is 3.46. The van der Waals surface area contributed by atoms with E-state index in [0.29, 0.717) is 0 Å². The maximum absolute atomic E-state index is 11.8. The molecule has 0 aliphatic heterocycles. The number of hydrogen-bond donors (Lipinski definition) is 0. The molecule has 0 aliphatic rings. The summed E-state index contributed by atoms with van der Waals surface area (Å²) in [4.78, 5) is 11.8. The molecule has 0 unspecified atom stereocenters. The van der Waals surface area contributed by atoms with Crippen LogP contribution >= 0.6 is 38.5 Å². The van der Waals surface area contributed by atoms with E-state index in [1.54, 1.807) is 11.6 Å². The molecule has 78 valence electrons. The lowest BCUT2D eigenvalue weighted by Crippen LogP contribution is -2.21. The van der Waals surface area contributed by atoms with Crippen molar-refractivity contribution in [3.05, 3.63) is 42.2 Å². The van der Waals surface area contributed by atoms with Crippen molar-refractivity contribution in [3.8, 4) is 0 Å². The number of aryl methyl sites for hydroxylation is 2. The van der Waals surface area contributed by atoms with Gasteiger partial charge in [-0.05, 0) is 53.3 Å². The van der Waals surface area contributed by atoms with Gasteiger partial charge in [-0.25, -0.2) is 0 Å². The first-order chi connectivity index (χ1) is 7.02. The predicted molar refractivity (Wildman–Crippen MR) is 74.3 cm³/mol. The Kier molecular flexibility index (Phi) is 2.89. The van der Waals surface area contributed by atoms with Crippen LogP contribution < -0.4 is 5.56 Å². The minimum atomic E-state index is 0.0722. The molecule has 1 aromatic heterocycles. The third-order valence-electron chi connectivity index (χ3n) is 2.55. The molecule has 1 aromatic carbocycles. The molecular weight excluding hydrogens is 369 g/mol. The number of fused-ring (bicyclic) bond motifs is 1. The van der Waals surface area contributed by atoms with Crippen LogP contribution in [0, 0.1) is 10.5 Å². The summed E-state index contributed by atoms with van der Waals surface area (Å²) >= 11 is 5.55. The smallest absolute Gasteiger partial charge is 0.264 e. The monoisotopic (exact) mass is 377 g/mol. The summed E-state index contributed by atoms with van der Waals surface area (Å²) in [6.07, 6.45) is 0. The van der Waals surface area contributed by atoms with E-state index in [1.807, 2.05) is 25.1 Å². The number of rotatable bonds is 0. The van der Waals surface area contributed by atoms with Crippen molar-refractivity contribution in [1.29, 1.82) is 0 Å². The van der Waals surface area contributed by atoms with Crippen molar-refractivity contribution in [2.24, 2.45) is 7.05 Å². The van der Waals surface area contributed by atoms with Crippen LogP contribution in [0.15, 0.2) is 27.5 Å². The van der Waals surface area contributed by atoms with Gasteiger partial charge in [-0.15, -0.1) is 0 Å². The fourth-order valence-corrected chi connectivity index (χ4v) is 2.65. The number of pyridine rings is 1. The largest absolute Gasteiger partial charge is 0.310 e. The summed E-state index contributed by atoms with van der Waals surface area (Å²) in [5, 5.41) is 1.12. The van der Waals surface area contributed by atoms with Crippen molar-refractivity contribution < 1.29 is 0 Å². The average Bonchev–Trinajstić information content (AvgIpc) is 2.23. The number of halogens is 2. The number of hydrogen-bond acceptors (Lipinski definition) is 1. The van der Waals surface area contributed by atoms with Gasteiger partial charge in [0.15, 0.2) is 0 Å². The summed E-state index contributed by atoms with van der Waals surface area (Å²) in [7, 11) is 1.81. The van der Waals surface area contributed by atoms with Gasteiger partial charge in [0.1, 0.15) is 0 Å². The lowest BCUT2D eigenvalue weighted by molar-refractivity contribution is 0.894. The van der Waals surface area contributed by atoms with Gasteiger partial charge in [-0.2, -0.15) is 0 Å². The van der Waals surface area contributed by atoms with E-state index < -0.39 is 0 Å². The second-order valence-corrected chi connectivity index (χ2v) is 5.46. The topological polar surface area (TPSA) is 22.0 Å². The first kappa shape index (κ1) is 11.1. The normalized spacial score (nSPS) is 10.9. The molecule has 0 N–H and O–H groups in total.